The quantitative estimate of drug-likeness (QED) is 0.797. The van der Waals surface area contributed by atoms with E-state index in [-0.39, 0.29) is 0 Å². The monoisotopic (exact) mass is 295 g/mol. The van der Waals surface area contributed by atoms with E-state index >= 15 is 0 Å². The molecule has 0 bridgehead atoms. The van der Waals surface area contributed by atoms with Crippen molar-refractivity contribution >= 4 is 21.6 Å². The molecule has 1 atom stereocenters. The largest absolute Gasteiger partial charge is 0.212 e. The Morgan fingerprint density at radius 3 is 2.59 bits per heavy atom. The Balaban J connectivity index is 2.56. The minimum Gasteiger partial charge on any atom is -0.212 e. The Morgan fingerprint density at radius 1 is 1.29 bits per heavy atom. The van der Waals surface area contributed by atoms with Crippen molar-refractivity contribution in [2.24, 2.45) is 0 Å². The van der Waals surface area contributed by atoms with Crippen LogP contribution in [0.2, 0.25) is 0 Å². The highest BCUT2D eigenvalue weighted by Crippen LogP contribution is 2.23. The van der Waals surface area contributed by atoms with Crippen molar-refractivity contribution in [3.05, 3.63) is 28.1 Å². The lowest BCUT2D eigenvalue weighted by atomic mass is 10.1. The van der Waals surface area contributed by atoms with E-state index in [1.54, 1.807) is 0 Å². The van der Waals surface area contributed by atoms with Crippen molar-refractivity contribution in [3.63, 3.8) is 0 Å². The van der Waals surface area contributed by atoms with Crippen LogP contribution < -0.4 is 0 Å². The maximum atomic E-state index is 4.61. The van der Waals surface area contributed by atoms with Gasteiger partial charge in [-0.15, -0.1) is 5.10 Å². The molecular weight excluding hydrogens is 278 g/mol. The molecule has 2 rings (SSSR count). The second-order valence-electron chi connectivity index (χ2n) is 4.82. The van der Waals surface area contributed by atoms with Crippen molar-refractivity contribution in [1.29, 1.82) is 0 Å². The number of hydrogen-bond acceptors (Lipinski definition) is 2. The summed E-state index contributed by atoms with van der Waals surface area (Å²) in [6.07, 6.45) is 1.06. The van der Waals surface area contributed by atoms with Crippen molar-refractivity contribution in [2.45, 2.75) is 46.0 Å². The summed E-state index contributed by atoms with van der Waals surface area (Å²) < 4.78 is 2.84. The number of pyridine rings is 1. The molecule has 0 aliphatic rings. The fourth-order valence-electron chi connectivity index (χ4n) is 1.71. The topological polar surface area (TPSA) is 30.2 Å². The average molecular weight is 296 g/mol. The Labute approximate surface area is 110 Å². The average Bonchev–Trinajstić information content (AvgIpc) is 2.72. The summed E-state index contributed by atoms with van der Waals surface area (Å²) in [6, 6.07) is 4.24. The third-order valence-corrected chi connectivity index (χ3v) is 3.72. The van der Waals surface area contributed by atoms with Crippen LogP contribution >= 0.6 is 15.9 Å². The van der Waals surface area contributed by atoms with Gasteiger partial charge < -0.3 is 0 Å². The third kappa shape index (κ3) is 2.37. The van der Waals surface area contributed by atoms with Gasteiger partial charge in [-0.05, 0) is 46.0 Å². The van der Waals surface area contributed by atoms with E-state index < -0.39 is 0 Å². The van der Waals surface area contributed by atoms with Gasteiger partial charge in [0.05, 0.1) is 0 Å². The zero-order valence-electron chi connectivity index (χ0n) is 10.7. The lowest BCUT2D eigenvalue weighted by molar-refractivity contribution is 0.674. The third-order valence-electron chi connectivity index (χ3n) is 3.15. The molecule has 1 unspecified atom stereocenters. The minimum absolute atomic E-state index is 0.407. The first-order valence-corrected chi connectivity index (χ1v) is 6.88. The molecule has 0 fully saturated rings. The van der Waals surface area contributed by atoms with Crippen LogP contribution in [0.25, 0.3) is 5.65 Å². The molecular formula is C13H18BrN3. The summed E-state index contributed by atoms with van der Waals surface area (Å²) >= 11 is 3.56. The van der Waals surface area contributed by atoms with E-state index in [0.29, 0.717) is 11.8 Å². The van der Waals surface area contributed by atoms with Crippen LogP contribution in [0, 0.1) is 0 Å². The van der Waals surface area contributed by atoms with E-state index in [0.717, 1.165) is 22.5 Å². The molecule has 0 aliphatic heterocycles. The molecule has 4 heteroatoms. The molecule has 2 aromatic heterocycles. The summed E-state index contributed by atoms with van der Waals surface area (Å²) in [5.41, 5.74) is 2.21. The number of nitrogens with zero attached hydrogens (tertiary/aromatic N) is 3. The fourth-order valence-corrected chi connectivity index (χ4v) is 2.23. The van der Waals surface area contributed by atoms with Crippen LogP contribution in [-0.4, -0.2) is 14.6 Å². The lowest BCUT2D eigenvalue weighted by Crippen LogP contribution is -1.96. The van der Waals surface area contributed by atoms with Crippen LogP contribution in [0.4, 0.5) is 0 Å². The highest BCUT2D eigenvalue weighted by Gasteiger charge is 2.13. The van der Waals surface area contributed by atoms with E-state index in [2.05, 4.69) is 65.8 Å². The molecule has 2 heterocycles. The Hall–Kier alpha value is -0.900. The minimum atomic E-state index is 0.407. The first kappa shape index (κ1) is 12.6. The second kappa shape index (κ2) is 4.77. The van der Waals surface area contributed by atoms with Crippen molar-refractivity contribution in [3.8, 4) is 0 Å². The SMILES string of the molecule is CCC(C)c1nc2cc(C(C)C)cc(Br)n2n1. The molecule has 0 saturated heterocycles. The van der Waals surface area contributed by atoms with Gasteiger partial charge in [-0.2, -0.15) is 0 Å². The molecule has 0 saturated carbocycles. The van der Waals surface area contributed by atoms with Gasteiger partial charge in [0.1, 0.15) is 4.60 Å². The number of fused-ring (bicyclic) bond motifs is 1. The maximum absolute atomic E-state index is 4.61. The predicted molar refractivity (Wildman–Crippen MR) is 73.5 cm³/mol. The smallest absolute Gasteiger partial charge is 0.157 e. The van der Waals surface area contributed by atoms with Gasteiger partial charge in [0.2, 0.25) is 0 Å². The van der Waals surface area contributed by atoms with Crippen LogP contribution in [-0.2, 0) is 0 Å². The Kier molecular flexibility index (Phi) is 3.52. The highest BCUT2D eigenvalue weighted by atomic mass is 79.9. The molecule has 3 nitrogen and oxygen atoms in total. The molecule has 0 spiro atoms. The second-order valence-corrected chi connectivity index (χ2v) is 5.63. The van der Waals surface area contributed by atoms with Crippen LogP contribution in [0.15, 0.2) is 16.7 Å². The molecule has 0 N–H and O–H groups in total. The predicted octanol–water partition coefficient (Wildman–Crippen LogP) is 4.13. The summed E-state index contributed by atoms with van der Waals surface area (Å²) in [6.45, 7) is 8.69. The van der Waals surface area contributed by atoms with Gasteiger partial charge in [0.15, 0.2) is 11.5 Å². The van der Waals surface area contributed by atoms with Crippen molar-refractivity contribution in [2.75, 3.05) is 0 Å². The normalized spacial score (nSPS) is 13.5. The number of aromatic nitrogens is 3. The lowest BCUT2D eigenvalue weighted by Gasteiger charge is -2.06. The maximum Gasteiger partial charge on any atom is 0.157 e. The molecule has 0 radical (unpaired) electrons. The fraction of sp³-hybridized carbons (Fsp3) is 0.538. The first-order valence-electron chi connectivity index (χ1n) is 6.09. The summed E-state index contributed by atoms with van der Waals surface area (Å²) in [7, 11) is 0. The zero-order chi connectivity index (χ0) is 12.6. The van der Waals surface area contributed by atoms with Crippen LogP contribution in [0.1, 0.15) is 57.3 Å². The van der Waals surface area contributed by atoms with Crippen LogP contribution in [0.3, 0.4) is 0 Å². The Morgan fingerprint density at radius 2 is 2.00 bits per heavy atom. The molecule has 0 aliphatic carbocycles. The first-order chi connectivity index (χ1) is 8.02. The van der Waals surface area contributed by atoms with E-state index in [1.807, 2.05) is 4.52 Å². The standard InChI is InChI=1S/C13H18BrN3/c1-5-9(4)13-15-12-7-10(8(2)3)6-11(14)17(12)16-13/h6-9H,5H2,1-4H3. The molecule has 0 amide bonds. The van der Waals surface area contributed by atoms with Gasteiger partial charge in [0.25, 0.3) is 0 Å². The summed E-state index contributed by atoms with van der Waals surface area (Å²) in [5, 5.41) is 4.54. The number of rotatable bonds is 3. The van der Waals surface area contributed by atoms with Gasteiger partial charge >= 0.3 is 0 Å². The van der Waals surface area contributed by atoms with Gasteiger partial charge in [0, 0.05) is 5.92 Å². The zero-order valence-corrected chi connectivity index (χ0v) is 12.3. The molecule has 0 aromatic carbocycles. The van der Waals surface area contributed by atoms with E-state index in [1.165, 1.54) is 5.56 Å². The molecule has 17 heavy (non-hydrogen) atoms. The number of halogens is 1. The van der Waals surface area contributed by atoms with Crippen LogP contribution in [0.5, 0.6) is 0 Å². The highest BCUT2D eigenvalue weighted by molar-refractivity contribution is 9.10. The van der Waals surface area contributed by atoms with Gasteiger partial charge in [-0.1, -0.05) is 27.7 Å². The van der Waals surface area contributed by atoms with Crippen molar-refractivity contribution < 1.29 is 0 Å². The summed E-state index contributed by atoms with van der Waals surface area (Å²) in [4.78, 5) is 4.61. The Bertz CT molecular complexity index is 531. The molecule has 92 valence electrons. The van der Waals surface area contributed by atoms with Crippen molar-refractivity contribution in [1.82, 2.24) is 14.6 Å². The van der Waals surface area contributed by atoms with E-state index in [4.69, 9.17) is 0 Å². The number of hydrogen-bond donors (Lipinski definition) is 0. The van der Waals surface area contributed by atoms with Gasteiger partial charge in [-0.3, -0.25) is 0 Å². The molecule has 2 aromatic rings. The van der Waals surface area contributed by atoms with Gasteiger partial charge in [-0.25, -0.2) is 9.50 Å². The van der Waals surface area contributed by atoms with E-state index in [9.17, 15) is 0 Å². The summed E-state index contributed by atoms with van der Waals surface area (Å²) in [5.74, 6) is 1.83.